The third-order valence-electron chi connectivity index (χ3n) is 3.52. The molecular formula is C13H28N2. The molecular weight excluding hydrogens is 184 g/mol. The predicted molar refractivity (Wildman–Crippen MR) is 67.3 cm³/mol. The van der Waals surface area contributed by atoms with Gasteiger partial charge in [-0.15, -0.1) is 0 Å². The average Bonchev–Trinajstić information content (AvgIpc) is 2.29. The molecule has 0 radical (unpaired) electrons. The highest BCUT2D eigenvalue weighted by atomic mass is 15.2. The molecule has 1 rings (SSSR count). The number of likely N-dealkylation sites (tertiary alicyclic amines) is 1. The highest BCUT2D eigenvalue weighted by molar-refractivity contribution is 4.75. The van der Waals surface area contributed by atoms with Crippen LogP contribution in [0, 0.1) is 0 Å². The second-order valence-electron chi connectivity index (χ2n) is 4.65. The topological polar surface area (TPSA) is 15.3 Å². The fourth-order valence-electron chi connectivity index (χ4n) is 2.56. The van der Waals surface area contributed by atoms with Crippen LogP contribution < -0.4 is 5.32 Å². The standard InChI is InChI=1S/C13H28N2/c1-3-13-9-5-7-11-15(13)12-8-6-10-14-4-2/h13-14H,3-12H2,1-2H3. The molecule has 90 valence electrons. The first-order valence-electron chi connectivity index (χ1n) is 6.83. The molecule has 0 aromatic rings. The maximum atomic E-state index is 3.39. The Morgan fingerprint density at radius 3 is 2.80 bits per heavy atom. The monoisotopic (exact) mass is 212 g/mol. The molecule has 0 aromatic heterocycles. The van der Waals surface area contributed by atoms with Crippen LogP contribution in [0.4, 0.5) is 0 Å². The molecule has 0 aliphatic carbocycles. The SMILES string of the molecule is CCNCCCCN1CCCCC1CC. The van der Waals surface area contributed by atoms with Gasteiger partial charge in [0.15, 0.2) is 0 Å². The van der Waals surface area contributed by atoms with E-state index in [9.17, 15) is 0 Å². The van der Waals surface area contributed by atoms with Crippen LogP contribution in [-0.4, -0.2) is 37.1 Å². The van der Waals surface area contributed by atoms with Crippen molar-refractivity contribution in [3.05, 3.63) is 0 Å². The summed E-state index contributed by atoms with van der Waals surface area (Å²) in [6.45, 7) is 9.49. The van der Waals surface area contributed by atoms with Crippen molar-refractivity contribution in [2.24, 2.45) is 0 Å². The van der Waals surface area contributed by atoms with Gasteiger partial charge in [-0.25, -0.2) is 0 Å². The number of piperidine rings is 1. The third kappa shape index (κ3) is 4.98. The smallest absolute Gasteiger partial charge is 0.00926 e. The maximum absolute atomic E-state index is 3.39. The van der Waals surface area contributed by atoms with E-state index in [4.69, 9.17) is 0 Å². The number of rotatable bonds is 7. The number of nitrogens with zero attached hydrogens (tertiary/aromatic N) is 1. The van der Waals surface area contributed by atoms with Crippen molar-refractivity contribution in [3.63, 3.8) is 0 Å². The van der Waals surface area contributed by atoms with Crippen molar-refractivity contribution < 1.29 is 0 Å². The van der Waals surface area contributed by atoms with E-state index in [1.807, 2.05) is 0 Å². The minimum atomic E-state index is 0.887. The molecule has 0 saturated carbocycles. The Morgan fingerprint density at radius 1 is 1.20 bits per heavy atom. The van der Waals surface area contributed by atoms with E-state index in [1.54, 1.807) is 0 Å². The number of hydrogen-bond acceptors (Lipinski definition) is 2. The lowest BCUT2D eigenvalue weighted by Gasteiger charge is -2.35. The summed E-state index contributed by atoms with van der Waals surface area (Å²) in [5, 5.41) is 3.39. The molecule has 2 heteroatoms. The first-order valence-corrected chi connectivity index (χ1v) is 6.83. The van der Waals surface area contributed by atoms with Gasteiger partial charge in [0.05, 0.1) is 0 Å². The van der Waals surface area contributed by atoms with E-state index in [1.165, 1.54) is 58.2 Å². The molecule has 1 heterocycles. The normalized spacial score (nSPS) is 23.2. The Hall–Kier alpha value is -0.0800. The Morgan fingerprint density at radius 2 is 2.07 bits per heavy atom. The van der Waals surface area contributed by atoms with E-state index < -0.39 is 0 Å². The van der Waals surface area contributed by atoms with Crippen molar-refractivity contribution in [2.75, 3.05) is 26.2 Å². The zero-order chi connectivity index (χ0) is 10.9. The second kappa shape index (κ2) is 8.12. The highest BCUT2D eigenvalue weighted by Gasteiger charge is 2.19. The Labute approximate surface area is 95.4 Å². The van der Waals surface area contributed by atoms with E-state index >= 15 is 0 Å². The van der Waals surface area contributed by atoms with Crippen molar-refractivity contribution in [1.82, 2.24) is 10.2 Å². The molecule has 1 saturated heterocycles. The molecule has 1 N–H and O–H groups in total. The molecule has 1 atom stereocenters. The summed E-state index contributed by atoms with van der Waals surface area (Å²) in [5.41, 5.74) is 0. The first kappa shape index (κ1) is 13.0. The van der Waals surface area contributed by atoms with Gasteiger partial charge in [-0.1, -0.05) is 20.3 Å². The predicted octanol–water partition coefficient (Wildman–Crippen LogP) is 2.64. The lowest BCUT2D eigenvalue weighted by molar-refractivity contribution is 0.141. The summed E-state index contributed by atoms with van der Waals surface area (Å²) in [4.78, 5) is 2.72. The number of unbranched alkanes of at least 4 members (excludes halogenated alkanes) is 1. The van der Waals surface area contributed by atoms with E-state index in [-0.39, 0.29) is 0 Å². The van der Waals surface area contributed by atoms with E-state index in [0.29, 0.717) is 0 Å². The fraction of sp³-hybridized carbons (Fsp3) is 1.00. The summed E-state index contributed by atoms with van der Waals surface area (Å²) < 4.78 is 0. The molecule has 1 aliphatic rings. The van der Waals surface area contributed by atoms with Gasteiger partial charge in [-0.3, -0.25) is 0 Å². The summed E-state index contributed by atoms with van der Waals surface area (Å²) in [6.07, 6.45) is 8.34. The molecule has 1 unspecified atom stereocenters. The van der Waals surface area contributed by atoms with Gasteiger partial charge < -0.3 is 10.2 Å². The van der Waals surface area contributed by atoms with Gasteiger partial charge in [0.1, 0.15) is 0 Å². The van der Waals surface area contributed by atoms with Gasteiger partial charge in [-0.05, 0) is 58.3 Å². The van der Waals surface area contributed by atoms with E-state index in [0.717, 1.165) is 12.6 Å². The van der Waals surface area contributed by atoms with Gasteiger partial charge in [0.25, 0.3) is 0 Å². The second-order valence-corrected chi connectivity index (χ2v) is 4.65. The minimum absolute atomic E-state index is 0.887. The van der Waals surface area contributed by atoms with Crippen LogP contribution in [-0.2, 0) is 0 Å². The van der Waals surface area contributed by atoms with Crippen LogP contribution in [0.25, 0.3) is 0 Å². The van der Waals surface area contributed by atoms with Crippen molar-refractivity contribution in [3.8, 4) is 0 Å². The molecule has 2 nitrogen and oxygen atoms in total. The van der Waals surface area contributed by atoms with Crippen LogP contribution in [0.1, 0.15) is 52.4 Å². The maximum Gasteiger partial charge on any atom is 0.00926 e. The number of hydrogen-bond donors (Lipinski definition) is 1. The lowest BCUT2D eigenvalue weighted by atomic mass is 10.00. The van der Waals surface area contributed by atoms with Crippen molar-refractivity contribution in [2.45, 2.75) is 58.4 Å². The Kier molecular flexibility index (Phi) is 7.03. The molecule has 0 bridgehead atoms. The van der Waals surface area contributed by atoms with E-state index in [2.05, 4.69) is 24.1 Å². The van der Waals surface area contributed by atoms with Gasteiger partial charge in [0, 0.05) is 6.04 Å². The highest BCUT2D eigenvalue weighted by Crippen LogP contribution is 2.19. The van der Waals surface area contributed by atoms with Gasteiger partial charge in [0.2, 0.25) is 0 Å². The minimum Gasteiger partial charge on any atom is -0.317 e. The molecule has 0 spiro atoms. The lowest BCUT2D eigenvalue weighted by Crippen LogP contribution is -2.39. The average molecular weight is 212 g/mol. The van der Waals surface area contributed by atoms with Crippen molar-refractivity contribution in [1.29, 1.82) is 0 Å². The summed E-state index contributed by atoms with van der Waals surface area (Å²) in [7, 11) is 0. The molecule has 0 amide bonds. The Bertz CT molecular complexity index is 147. The summed E-state index contributed by atoms with van der Waals surface area (Å²) in [5.74, 6) is 0. The van der Waals surface area contributed by atoms with Crippen LogP contribution >= 0.6 is 0 Å². The molecule has 1 fully saturated rings. The molecule has 1 aliphatic heterocycles. The largest absolute Gasteiger partial charge is 0.317 e. The first-order chi connectivity index (χ1) is 7.38. The fourth-order valence-corrected chi connectivity index (χ4v) is 2.56. The van der Waals surface area contributed by atoms with Crippen LogP contribution in [0.3, 0.4) is 0 Å². The third-order valence-corrected chi connectivity index (χ3v) is 3.52. The summed E-state index contributed by atoms with van der Waals surface area (Å²) >= 11 is 0. The Balaban J connectivity index is 2.07. The zero-order valence-electron chi connectivity index (χ0n) is 10.6. The van der Waals surface area contributed by atoms with Crippen LogP contribution in [0.2, 0.25) is 0 Å². The van der Waals surface area contributed by atoms with Crippen LogP contribution in [0.5, 0.6) is 0 Å². The molecule has 15 heavy (non-hydrogen) atoms. The summed E-state index contributed by atoms with van der Waals surface area (Å²) in [6, 6.07) is 0.887. The van der Waals surface area contributed by atoms with Crippen LogP contribution in [0.15, 0.2) is 0 Å². The van der Waals surface area contributed by atoms with Gasteiger partial charge in [-0.2, -0.15) is 0 Å². The zero-order valence-corrected chi connectivity index (χ0v) is 10.6. The van der Waals surface area contributed by atoms with Crippen molar-refractivity contribution >= 4 is 0 Å². The molecule has 0 aromatic carbocycles. The van der Waals surface area contributed by atoms with Gasteiger partial charge >= 0.3 is 0 Å². The number of nitrogens with one attached hydrogen (secondary N) is 1. The quantitative estimate of drug-likeness (QED) is 0.653.